The van der Waals surface area contributed by atoms with Crippen molar-refractivity contribution in [2.75, 3.05) is 26.8 Å². The Morgan fingerprint density at radius 3 is 2.39 bits per heavy atom. The number of carbonyl (C=O) groups excluding carboxylic acids is 4. The lowest BCUT2D eigenvalue weighted by Crippen LogP contribution is -2.60. The summed E-state index contributed by atoms with van der Waals surface area (Å²) in [6, 6.07) is 6.93. The molecule has 2 aliphatic heterocycles. The summed E-state index contributed by atoms with van der Waals surface area (Å²) >= 11 is 14.2. The number of allylic oxidation sites excluding steroid dienone is 2. The first kappa shape index (κ1) is 25.2. The van der Waals surface area contributed by atoms with E-state index in [1.165, 1.54) is 11.9 Å². The molecule has 1 aromatic carbocycles. The summed E-state index contributed by atoms with van der Waals surface area (Å²) in [7, 11) is 1.37. The molecule has 1 saturated carbocycles. The van der Waals surface area contributed by atoms with Crippen LogP contribution in [0.25, 0.3) is 0 Å². The van der Waals surface area contributed by atoms with Gasteiger partial charge in [-0.15, -0.1) is 23.2 Å². The molecule has 2 aliphatic carbocycles. The number of hydrogen-bond acceptors (Lipinski definition) is 6. The third-order valence-electron chi connectivity index (χ3n) is 8.13. The summed E-state index contributed by atoms with van der Waals surface area (Å²) in [5.74, 6) is -3.56. The minimum absolute atomic E-state index is 0.00680. The Balaban J connectivity index is 1.64. The molecule has 0 radical (unpaired) electrons. The minimum atomic E-state index is -1.79. The van der Waals surface area contributed by atoms with Gasteiger partial charge in [-0.05, 0) is 42.9 Å². The quantitative estimate of drug-likeness (QED) is 0.341. The summed E-state index contributed by atoms with van der Waals surface area (Å²) < 4.78 is 5.47. The van der Waals surface area contributed by atoms with Crippen LogP contribution in [0.4, 0.5) is 0 Å². The molecule has 5 rings (SSSR count). The van der Waals surface area contributed by atoms with E-state index in [9.17, 15) is 19.2 Å². The number of hydrogen-bond donors (Lipinski definition) is 1. The predicted octanol–water partition coefficient (Wildman–Crippen LogP) is 2.46. The van der Waals surface area contributed by atoms with Gasteiger partial charge in [-0.1, -0.05) is 30.7 Å². The molecule has 0 unspecified atom stereocenters. The first-order valence-corrected chi connectivity index (χ1v) is 13.0. The standard InChI is InChI=1S/C26H28Cl2N2O6/c1-3-10-30-21(32)17-9-8-16-18(19(17)22(30)33)13-25(27)23(34)29(2)24(35)26(25,28)20(16)14-4-6-15(7-5-14)36-12-11-31/h4-8,17-20,31H,3,9-13H2,1-2H3/t17-,18+,19-,20-,25+,26-/m0/s1. The second-order valence-electron chi connectivity index (χ2n) is 9.97. The molecule has 4 amide bonds. The first-order valence-electron chi connectivity index (χ1n) is 12.2. The Morgan fingerprint density at radius 1 is 1.06 bits per heavy atom. The monoisotopic (exact) mass is 534 g/mol. The number of ether oxygens (including phenoxy) is 1. The normalized spacial score (nSPS) is 35.5. The number of amides is 4. The Kier molecular flexibility index (Phi) is 6.21. The summed E-state index contributed by atoms with van der Waals surface area (Å²) in [6.07, 6.45) is 2.92. The average Bonchev–Trinajstić information content (AvgIpc) is 3.18. The van der Waals surface area contributed by atoms with Crippen LogP contribution in [-0.2, 0) is 19.2 Å². The van der Waals surface area contributed by atoms with Gasteiger partial charge in [-0.3, -0.25) is 29.0 Å². The Bertz CT molecular complexity index is 1170. The lowest BCUT2D eigenvalue weighted by atomic mass is 9.56. The van der Waals surface area contributed by atoms with Gasteiger partial charge in [0.1, 0.15) is 12.4 Å². The Morgan fingerprint density at radius 2 is 1.75 bits per heavy atom. The molecular formula is C26H28Cl2N2O6. The molecule has 6 atom stereocenters. The molecule has 0 spiro atoms. The third-order valence-corrected chi connectivity index (χ3v) is 9.54. The summed E-state index contributed by atoms with van der Waals surface area (Å²) in [6.45, 7) is 2.25. The number of imide groups is 2. The SMILES string of the molecule is CCCN1C(=O)[C@H]2[C@H](CC=C3[C@H]2C[C@@]2(Cl)C(=O)N(C)C(=O)[C@@]2(Cl)[C@H]3c2ccc(OCCO)cc2)C1=O. The molecule has 1 N–H and O–H groups in total. The van der Waals surface area contributed by atoms with Gasteiger partial charge in [0, 0.05) is 19.5 Å². The van der Waals surface area contributed by atoms with Crippen molar-refractivity contribution in [3.05, 3.63) is 41.5 Å². The van der Waals surface area contributed by atoms with Crippen molar-refractivity contribution in [2.45, 2.75) is 41.9 Å². The smallest absolute Gasteiger partial charge is 0.253 e. The average molecular weight is 535 g/mol. The highest BCUT2D eigenvalue weighted by molar-refractivity contribution is 6.53. The van der Waals surface area contributed by atoms with Crippen molar-refractivity contribution in [3.63, 3.8) is 0 Å². The van der Waals surface area contributed by atoms with Gasteiger partial charge in [0.05, 0.1) is 18.4 Å². The zero-order valence-electron chi connectivity index (χ0n) is 20.1. The van der Waals surface area contributed by atoms with Crippen molar-refractivity contribution in [1.82, 2.24) is 9.80 Å². The van der Waals surface area contributed by atoms with E-state index in [0.717, 1.165) is 10.5 Å². The Labute approximate surface area is 219 Å². The maximum absolute atomic E-state index is 13.5. The van der Waals surface area contributed by atoms with Gasteiger partial charge < -0.3 is 9.84 Å². The molecule has 2 heterocycles. The van der Waals surface area contributed by atoms with Crippen LogP contribution in [0.3, 0.4) is 0 Å². The second-order valence-corrected chi connectivity index (χ2v) is 11.2. The van der Waals surface area contributed by atoms with Crippen LogP contribution in [0.5, 0.6) is 5.75 Å². The van der Waals surface area contributed by atoms with E-state index in [0.29, 0.717) is 30.7 Å². The van der Waals surface area contributed by atoms with E-state index in [1.807, 2.05) is 13.0 Å². The van der Waals surface area contributed by atoms with Crippen LogP contribution in [-0.4, -0.2) is 75.1 Å². The third kappa shape index (κ3) is 3.23. The maximum atomic E-state index is 13.5. The van der Waals surface area contributed by atoms with Gasteiger partial charge >= 0.3 is 0 Å². The van der Waals surface area contributed by atoms with Crippen molar-refractivity contribution in [2.24, 2.45) is 17.8 Å². The second kappa shape index (κ2) is 8.85. The molecular weight excluding hydrogens is 507 g/mol. The van der Waals surface area contributed by atoms with E-state index in [2.05, 4.69) is 0 Å². The van der Waals surface area contributed by atoms with Gasteiger partial charge in [-0.25, -0.2) is 0 Å². The maximum Gasteiger partial charge on any atom is 0.253 e. The van der Waals surface area contributed by atoms with Crippen LogP contribution in [0.1, 0.15) is 37.7 Å². The summed E-state index contributed by atoms with van der Waals surface area (Å²) in [5, 5.41) is 9.03. The number of aliphatic hydroxyl groups is 1. The number of fused-ring (bicyclic) bond motifs is 4. The molecule has 10 heteroatoms. The molecule has 0 aromatic heterocycles. The van der Waals surface area contributed by atoms with Crippen molar-refractivity contribution in [3.8, 4) is 5.75 Å². The Hall–Kier alpha value is -2.42. The molecule has 8 nitrogen and oxygen atoms in total. The number of nitrogens with zero attached hydrogens (tertiary/aromatic N) is 2. The lowest BCUT2D eigenvalue weighted by Gasteiger charge is -2.50. The number of halogens is 2. The van der Waals surface area contributed by atoms with Crippen LogP contribution in [0, 0.1) is 17.8 Å². The number of aliphatic hydroxyl groups excluding tert-OH is 1. The molecule has 2 saturated heterocycles. The largest absolute Gasteiger partial charge is 0.491 e. The van der Waals surface area contributed by atoms with Crippen LogP contribution >= 0.6 is 23.2 Å². The van der Waals surface area contributed by atoms with Gasteiger partial charge in [-0.2, -0.15) is 0 Å². The zero-order chi connectivity index (χ0) is 26.0. The van der Waals surface area contributed by atoms with E-state index in [-0.39, 0.29) is 31.4 Å². The van der Waals surface area contributed by atoms with E-state index < -0.39 is 45.2 Å². The fourth-order valence-electron chi connectivity index (χ4n) is 6.55. The fraction of sp³-hybridized carbons (Fsp3) is 0.538. The van der Waals surface area contributed by atoms with Gasteiger partial charge in [0.2, 0.25) is 11.8 Å². The minimum Gasteiger partial charge on any atom is -0.491 e. The molecule has 192 valence electrons. The fourth-order valence-corrected chi connectivity index (χ4v) is 7.57. The lowest BCUT2D eigenvalue weighted by molar-refractivity contribution is -0.141. The predicted molar refractivity (Wildman–Crippen MR) is 132 cm³/mol. The van der Waals surface area contributed by atoms with Crippen molar-refractivity contribution < 1.29 is 29.0 Å². The van der Waals surface area contributed by atoms with Crippen LogP contribution in [0.2, 0.25) is 0 Å². The molecule has 0 bridgehead atoms. The van der Waals surface area contributed by atoms with E-state index in [4.69, 9.17) is 33.0 Å². The van der Waals surface area contributed by atoms with Crippen molar-refractivity contribution >= 4 is 46.8 Å². The van der Waals surface area contributed by atoms with Crippen LogP contribution in [0.15, 0.2) is 35.9 Å². The van der Waals surface area contributed by atoms with Gasteiger partial charge in [0.15, 0.2) is 9.75 Å². The molecule has 3 fully saturated rings. The topological polar surface area (TPSA) is 104 Å². The first-order chi connectivity index (χ1) is 17.1. The van der Waals surface area contributed by atoms with Crippen molar-refractivity contribution in [1.29, 1.82) is 0 Å². The molecule has 36 heavy (non-hydrogen) atoms. The highest BCUT2D eigenvalue weighted by Crippen LogP contribution is 2.65. The van der Waals surface area contributed by atoms with Gasteiger partial charge in [0.25, 0.3) is 11.8 Å². The summed E-state index contributed by atoms with van der Waals surface area (Å²) in [4.78, 5) is 52.2. The number of alkyl halides is 2. The number of likely N-dealkylation sites (tertiary alicyclic amines) is 2. The van der Waals surface area contributed by atoms with E-state index >= 15 is 0 Å². The molecule has 1 aromatic rings. The number of benzene rings is 1. The number of rotatable bonds is 6. The number of carbonyl (C=O) groups is 4. The zero-order valence-corrected chi connectivity index (χ0v) is 21.6. The van der Waals surface area contributed by atoms with Crippen LogP contribution < -0.4 is 4.74 Å². The molecule has 4 aliphatic rings. The summed E-state index contributed by atoms with van der Waals surface area (Å²) in [5.41, 5.74) is 1.42. The van der Waals surface area contributed by atoms with E-state index in [1.54, 1.807) is 24.3 Å². The highest BCUT2D eigenvalue weighted by Gasteiger charge is 2.75. The highest BCUT2D eigenvalue weighted by atomic mass is 35.5.